The minimum Gasteiger partial charge on any atom is -0.439 e. The van der Waals surface area contributed by atoms with Crippen LogP contribution in [0.1, 0.15) is 16.7 Å². The van der Waals surface area contributed by atoms with Crippen LogP contribution in [0.4, 0.5) is 0 Å². The molecule has 0 unspecified atom stereocenters. The van der Waals surface area contributed by atoms with Gasteiger partial charge in [0.25, 0.3) is 5.56 Å². The molecule has 0 saturated carbocycles. The van der Waals surface area contributed by atoms with Crippen molar-refractivity contribution in [1.29, 1.82) is 5.26 Å². The Hall–Kier alpha value is -2.81. The summed E-state index contributed by atoms with van der Waals surface area (Å²) in [6.07, 6.45) is 0. The van der Waals surface area contributed by atoms with E-state index in [4.69, 9.17) is 4.74 Å². The van der Waals surface area contributed by atoms with E-state index in [-0.39, 0.29) is 11.4 Å². The minimum atomic E-state index is -0.666. The standard InChI is InChI=1S/C15H15N3O3/c1-9-6-5-7-12(10(9)2)21-14-11(8-16)13(19)17(3)15(20)18(14)4/h5-7H,1-4H3. The van der Waals surface area contributed by atoms with E-state index < -0.39 is 11.2 Å². The highest BCUT2D eigenvalue weighted by Gasteiger charge is 2.18. The minimum absolute atomic E-state index is 0.0423. The fraction of sp³-hybridized carbons (Fsp3) is 0.267. The Morgan fingerprint density at radius 3 is 2.43 bits per heavy atom. The van der Waals surface area contributed by atoms with Crippen LogP contribution in [-0.2, 0) is 14.1 Å². The fourth-order valence-corrected chi connectivity index (χ4v) is 1.98. The van der Waals surface area contributed by atoms with Gasteiger partial charge in [-0.25, -0.2) is 4.79 Å². The Morgan fingerprint density at radius 1 is 1.14 bits per heavy atom. The summed E-state index contributed by atoms with van der Waals surface area (Å²) >= 11 is 0. The fourth-order valence-electron chi connectivity index (χ4n) is 1.98. The number of aryl methyl sites for hydroxylation is 1. The number of nitriles is 1. The molecule has 0 atom stereocenters. The molecule has 1 aromatic heterocycles. The van der Waals surface area contributed by atoms with Gasteiger partial charge in [-0.15, -0.1) is 0 Å². The molecule has 108 valence electrons. The van der Waals surface area contributed by atoms with Crippen molar-refractivity contribution in [3.63, 3.8) is 0 Å². The maximum Gasteiger partial charge on any atom is 0.333 e. The van der Waals surface area contributed by atoms with Gasteiger partial charge in [0.05, 0.1) is 0 Å². The lowest BCUT2D eigenvalue weighted by Gasteiger charge is -2.14. The largest absolute Gasteiger partial charge is 0.439 e. The van der Waals surface area contributed by atoms with Crippen LogP contribution in [0.25, 0.3) is 0 Å². The van der Waals surface area contributed by atoms with Crippen LogP contribution in [0.5, 0.6) is 11.6 Å². The summed E-state index contributed by atoms with van der Waals surface area (Å²) in [5.74, 6) is 0.467. The first-order valence-corrected chi connectivity index (χ1v) is 6.32. The zero-order chi connectivity index (χ0) is 15.7. The number of hydrogen-bond donors (Lipinski definition) is 0. The highest BCUT2D eigenvalue weighted by Crippen LogP contribution is 2.26. The molecule has 6 nitrogen and oxygen atoms in total. The van der Waals surface area contributed by atoms with E-state index in [0.717, 1.165) is 20.3 Å². The lowest BCUT2D eigenvalue weighted by molar-refractivity contribution is 0.418. The Morgan fingerprint density at radius 2 is 1.81 bits per heavy atom. The predicted molar refractivity (Wildman–Crippen MR) is 77.6 cm³/mol. The zero-order valence-electron chi connectivity index (χ0n) is 12.3. The third-order valence-electron chi connectivity index (χ3n) is 3.48. The molecule has 0 N–H and O–H groups in total. The molecule has 0 aliphatic heterocycles. The van der Waals surface area contributed by atoms with E-state index in [9.17, 15) is 14.9 Å². The summed E-state index contributed by atoms with van der Waals surface area (Å²) in [6.45, 7) is 3.80. The van der Waals surface area contributed by atoms with E-state index in [1.165, 1.54) is 14.1 Å². The van der Waals surface area contributed by atoms with Crippen LogP contribution >= 0.6 is 0 Å². The SMILES string of the molecule is Cc1cccc(Oc2c(C#N)c(=O)n(C)c(=O)n2C)c1C. The van der Waals surface area contributed by atoms with Gasteiger partial charge in [0.1, 0.15) is 11.8 Å². The summed E-state index contributed by atoms with van der Waals surface area (Å²) in [5.41, 5.74) is 0.495. The number of aromatic nitrogens is 2. The second kappa shape index (κ2) is 5.29. The van der Waals surface area contributed by atoms with E-state index in [1.54, 1.807) is 6.07 Å². The van der Waals surface area contributed by atoms with Crippen molar-refractivity contribution < 1.29 is 4.74 Å². The first kappa shape index (κ1) is 14.6. The molecule has 0 spiro atoms. The normalized spacial score (nSPS) is 10.2. The van der Waals surface area contributed by atoms with Gasteiger partial charge in [-0.3, -0.25) is 13.9 Å². The van der Waals surface area contributed by atoms with Crippen LogP contribution < -0.4 is 16.0 Å². The topological polar surface area (TPSA) is 77.0 Å². The molecule has 2 rings (SSSR count). The number of benzene rings is 1. The Bertz CT molecular complexity index is 869. The van der Waals surface area contributed by atoms with Crippen molar-refractivity contribution in [2.45, 2.75) is 13.8 Å². The van der Waals surface area contributed by atoms with Crippen LogP contribution in [0.2, 0.25) is 0 Å². The average Bonchev–Trinajstić information content (AvgIpc) is 2.47. The second-order valence-electron chi connectivity index (χ2n) is 4.80. The first-order chi connectivity index (χ1) is 9.88. The summed E-state index contributed by atoms with van der Waals surface area (Å²) in [5, 5.41) is 9.18. The van der Waals surface area contributed by atoms with E-state index in [1.807, 2.05) is 32.0 Å². The molecule has 1 aromatic carbocycles. The van der Waals surface area contributed by atoms with Crippen LogP contribution in [-0.4, -0.2) is 9.13 Å². The molecule has 6 heteroatoms. The molecule has 0 fully saturated rings. The first-order valence-electron chi connectivity index (χ1n) is 6.32. The van der Waals surface area contributed by atoms with Crippen molar-refractivity contribution in [3.8, 4) is 17.7 Å². The monoisotopic (exact) mass is 285 g/mol. The third-order valence-corrected chi connectivity index (χ3v) is 3.48. The van der Waals surface area contributed by atoms with Crippen molar-refractivity contribution in [2.75, 3.05) is 0 Å². The number of hydrogen-bond acceptors (Lipinski definition) is 4. The molecule has 0 bridgehead atoms. The summed E-state index contributed by atoms with van der Waals surface area (Å²) in [4.78, 5) is 23.9. The van der Waals surface area contributed by atoms with E-state index in [2.05, 4.69) is 0 Å². The number of rotatable bonds is 2. The van der Waals surface area contributed by atoms with Crippen LogP contribution in [0.3, 0.4) is 0 Å². The lowest BCUT2D eigenvalue weighted by Crippen LogP contribution is -2.38. The Kier molecular flexibility index (Phi) is 3.68. The highest BCUT2D eigenvalue weighted by atomic mass is 16.5. The molecule has 2 aromatic rings. The Labute approximate surface area is 121 Å². The average molecular weight is 285 g/mol. The van der Waals surface area contributed by atoms with Gasteiger partial charge < -0.3 is 4.74 Å². The third kappa shape index (κ3) is 2.34. The molecule has 0 radical (unpaired) electrons. The maximum absolute atomic E-state index is 12.0. The van der Waals surface area contributed by atoms with Gasteiger partial charge in [0.2, 0.25) is 5.88 Å². The van der Waals surface area contributed by atoms with Gasteiger partial charge in [-0.05, 0) is 31.0 Å². The molecule has 0 aliphatic rings. The predicted octanol–water partition coefficient (Wildman–Crippen LogP) is 1.36. The summed E-state index contributed by atoms with van der Waals surface area (Å²) < 4.78 is 7.72. The maximum atomic E-state index is 12.0. The molecule has 0 saturated heterocycles. The zero-order valence-corrected chi connectivity index (χ0v) is 12.3. The summed E-state index contributed by atoms with van der Waals surface area (Å²) in [6, 6.07) is 7.27. The van der Waals surface area contributed by atoms with Crippen molar-refractivity contribution in [3.05, 3.63) is 55.7 Å². The molecular weight excluding hydrogens is 270 g/mol. The quantitative estimate of drug-likeness (QED) is 0.835. The van der Waals surface area contributed by atoms with Crippen molar-refractivity contribution in [2.24, 2.45) is 14.1 Å². The number of ether oxygens (including phenoxy) is 1. The van der Waals surface area contributed by atoms with Crippen molar-refractivity contribution in [1.82, 2.24) is 9.13 Å². The smallest absolute Gasteiger partial charge is 0.333 e. The van der Waals surface area contributed by atoms with Gasteiger partial charge in [-0.2, -0.15) is 5.26 Å². The second-order valence-corrected chi connectivity index (χ2v) is 4.80. The van der Waals surface area contributed by atoms with Crippen LogP contribution in [0, 0.1) is 25.2 Å². The van der Waals surface area contributed by atoms with Gasteiger partial charge in [0.15, 0.2) is 5.56 Å². The molecule has 21 heavy (non-hydrogen) atoms. The lowest BCUT2D eigenvalue weighted by atomic mass is 10.1. The van der Waals surface area contributed by atoms with Gasteiger partial charge >= 0.3 is 5.69 Å². The van der Waals surface area contributed by atoms with Crippen LogP contribution in [0.15, 0.2) is 27.8 Å². The summed E-state index contributed by atoms with van der Waals surface area (Å²) in [7, 11) is 2.79. The van der Waals surface area contributed by atoms with Gasteiger partial charge in [0, 0.05) is 14.1 Å². The molecule has 0 amide bonds. The van der Waals surface area contributed by atoms with Gasteiger partial charge in [-0.1, -0.05) is 12.1 Å². The number of nitrogens with zero attached hydrogens (tertiary/aromatic N) is 3. The van der Waals surface area contributed by atoms with Crippen molar-refractivity contribution >= 4 is 0 Å². The molecule has 0 aliphatic carbocycles. The molecular formula is C15H15N3O3. The van der Waals surface area contributed by atoms with E-state index in [0.29, 0.717) is 5.75 Å². The van der Waals surface area contributed by atoms with E-state index >= 15 is 0 Å². The Balaban J connectivity index is 2.71. The highest BCUT2D eigenvalue weighted by molar-refractivity contribution is 5.44. The molecule has 1 heterocycles.